The molecule has 1 heterocycles. The van der Waals surface area contributed by atoms with Gasteiger partial charge in [-0.2, -0.15) is 0 Å². The number of nitrogens with one attached hydrogen (secondary N) is 3. The molecule has 0 aliphatic carbocycles. The van der Waals surface area contributed by atoms with Crippen LogP contribution >= 0.6 is 39.0 Å². The first-order valence-electron chi connectivity index (χ1n) is 15.0. The molecule has 1 aromatic heterocycles. The molecule has 0 saturated carbocycles. The Balaban J connectivity index is 1.28. The zero-order chi connectivity index (χ0) is 33.3. The van der Waals surface area contributed by atoms with E-state index in [1.807, 2.05) is 93.6 Å². The van der Waals surface area contributed by atoms with Crippen LogP contribution in [0.5, 0.6) is 0 Å². The second-order valence-electron chi connectivity index (χ2n) is 10.7. The molecule has 0 saturated heterocycles. The van der Waals surface area contributed by atoms with E-state index < -0.39 is 11.8 Å². The monoisotopic (exact) mass is 724 g/mol. The Bertz CT molecular complexity index is 1920. The van der Waals surface area contributed by atoms with Gasteiger partial charge in [0.1, 0.15) is 5.70 Å². The number of hydrogen-bond donors (Lipinski definition) is 3. The van der Waals surface area contributed by atoms with Crippen molar-refractivity contribution in [1.82, 2.24) is 10.3 Å². The van der Waals surface area contributed by atoms with Crippen molar-refractivity contribution in [3.63, 3.8) is 0 Å². The lowest BCUT2D eigenvalue weighted by atomic mass is 10.1. The molecule has 5 aromatic rings. The lowest BCUT2D eigenvalue weighted by Gasteiger charge is -2.15. The number of nitrogens with zero attached hydrogens (tertiary/aromatic N) is 1. The zero-order valence-corrected chi connectivity index (χ0v) is 29.3. The van der Waals surface area contributed by atoms with Crippen molar-refractivity contribution >= 4 is 73.6 Å². The molecule has 10 heteroatoms. The number of benzene rings is 4. The minimum absolute atomic E-state index is 0.0876. The summed E-state index contributed by atoms with van der Waals surface area (Å²) >= 11 is 6.32. The maximum Gasteiger partial charge on any atom is 0.272 e. The van der Waals surface area contributed by atoms with Gasteiger partial charge >= 0.3 is 0 Å². The number of anilines is 2. The standard InChI is InChI=1S/C37H33BrN4O3S2/c1-4-32(36(45)42-37-41-33(24(3)46-37)26-18-16-23(2)17-19-26)47-30-15-9-14-29(22-30)39-35(44)31(21-25-10-8-13-28(38)20-25)40-34(43)27-11-6-5-7-12-27/h5-22,32H,4H2,1-3H3,(H,39,44)(H,40,43)(H,41,42,45)/b31-21+. The Morgan fingerprint density at radius 2 is 1.64 bits per heavy atom. The van der Waals surface area contributed by atoms with Gasteiger partial charge in [0, 0.05) is 31.1 Å². The molecule has 7 nitrogen and oxygen atoms in total. The first kappa shape index (κ1) is 33.8. The van der Waals surface area contributed by atoms with Gasteiger partial charge in [0.25, 0.3) is 11.8 Å². The molecular weight excluding hydrogens is 692 g/mol. The van der Waals surface area contributed by atoms with Gasteiger partial charge < -0.3 is 16.0 Å². The van der Waals surface area contributed by atoms with Crippen molar-refractivity contribution < 1.29 is 14.4 Å². The van der Waals surface area contributed by atoms with Crippen molar-refractivity contribution in [2.24, 2.45) is 0 Å². The molecule has 0 bridgehead atoms. The van der Waals surface area contributed by atoms with E-state index in [4.69, 9.17) is 4.98 Å². The van der Waals surface area contributed by atoms with Gasteiger partial charge in [-0.3, -0.25) is 14.4 Å². The molecule has 3 N–H and O–H groups in total. The molecule has 3 amide bonds. The van der Waals surface area contributed by atoms with Crippen molar-refractivity contribution in [3.05, 3.63) is 135 Å². The number of thiazole rings is 1. The van der Waals surface area contributed by atoms with Gasteiger partial charge in [0.2, 0.25) is 5.91 Å². The van der Waals surface area contributed by atoms with Crippen LogP contribution in [-0.2, 0) is 9.59 Å². The third-order valence-corrected chi connectivity index (χ3v) is 9.81. The minimum Gasteiger partial charge on any atom is -0.321 e. The summed E-state index contributed by atoms with van der Waals surface area (Å²) in [6.45, 7) is 6.00. The summed E-state index contributed by atoms with van der Waals surface area (Å²) in [7, 11) is 0. The molecule has 0 fully saturated rings. The Morgan fingerprint density at radius 1 is 0.894 bits per heavy atom. The molecule has 1 unspecified atom stereocenters. The third kappa shape index (κ3) is 9.28. The van der Waals surface area contributed by atoms with Crippen LogP contribution in [0.1, 0.15) is 39.7 Å². The number of halogens is 1. The number of carbonyl (C=O) groups is 3. The molecule has 47 heavy (non-hydrogen) atoms. The summed E-state index contributed by atoms with van der Waals surface area (Å²) in [5.41, 5.74) is 4.84. The Hall–Kier alpha value is -4.51. The molecule has 5 rings (SSSR count). The van der Waals surface area contributed by atoms with E-state index in [0.29, 0.717) is 22.8 Å². The molecule has 0 radical (unpaired) electrons. The lowest BCUT2D eigenvalue weighted by molar-refractivity contribution is -0.116. The van der Waals surface area contributed by atoms with Crippen LogP contribution in [0.2, 0.25) is 0 Å². The van der Waals surface area contributed by atoms with Gasteiger partial charge in [-0.1, -0.05) is 89.1 Å². The molecular formula is C37H33BrN4O3S2. The fraction of sp³-hybridized carbons (Fsp3) is 0.135. The van der Waals surface area contributed by atoms with E-state index in [1.165, 1.54) is 28.7 Å². The highest BCUT2D eigenvalue weighted by Gasteiger charge is 2.21. The Morgan fingerprint density at radius 3 is 2.36 bits per heavy atom. The zero-order valence-electron chi connectivity index (χ0n) is 26.0. The van der Waals surface area contributed by atoms with E-state index in [9.17, 15) is 14.4 Å². The minimum atomic E-state index is -0.482. The number of carbonyl (C=O) groups excluding carboxylic acids is 3. The summed E-state index contributed by atoms with van der Waals surface area (Å²) in [6, 6.07) is 31.6. The predicted molar refractivity (Wildman–Crippen MR) is 197 cm³/mol. The van der Waals surface area contributed by atoms with Gasteiger partial charge in [0.15, 0.2) is 5.13 Å². The molecule has 1 atom stereocenters. The van der Waals surface area contributed by atoms with Crippen molar-refractivity contribution in [3.8, 4) is 11.3 Å². The first-order chi connectivity index (χ1) is 22.7. The van der Waals surface area contributed by atoms with Crippen LogP contribution in [0.25, 0.3) is 17.3 Å². The second kappa shape index (κ2) is 15.9. The fourth-order valence-electron chi connectivity index (χ4n) is 4.65. The average molecular weight is 726 g/mol. The normalized spacial score (nSPS) is 11.9. The van der Waals surface area contributed by atoms with E-state index >= 15 is 0 Å². The summed E-state index contributed by atoms with van der Waals surface area (Å²) in [6.07, 6.45) is 2.22. The van der Waals surface area contributed by atoms with E-state index in [0.717, 1.165) is 31.1 Å². The molecule has 0 aliphatic rings. The predicted octanol–water partition coefficient (Wildman–Crippen LogP) is 9.11. The third-order valence-electron chi connectivity index (χ3n) is 7.07. The van der Waals surface area contributed by atoms with Crippen LogP contribution in [0.3, 0.4) is 0 Å². The van der Waals surface area contributed by atoms with Crippen LogP contribution in [0.4, 0.5) is 10.8 Å². The number of amides is 3. The Labute approximate surface area is 291 Å². The van der Waals surface area contributed by atoms with Crippen LogP contribution in [-0.4, -0.2) is 28.0 Å². The van der Waals surface area contributed by atoms with Gasteiger partial charge in [-0.25, -0.2) is 4.98 Å². The molecule has 238 valence electrons. The number of aromatic nitrogens is 1. The first-order valence-corrected chi connectivity index (χ1v) is 17.4. The number of thioether (sulfide) groups is 1. The fourth-order valence-corrected chi connectivity index (χ4v) is 6.92. The molecule has 0 spiro atoms. The lowest BCUT2D eigenvalue weighted by Crippen LogP contribution is -2.30. The average Bonchev–Trinajstić information content (AvgIpc) is 3.43. The van der Waals surface area contributed by atoms with Crippen LogP contribution < -0.4 is 16.0 Å². The summed E-state index contributed by atoms with van der Waals surface area (Å²) in [5.74, 6) is -1.02. The van der Waals surface area contributed by atoms with Gasteiger partial charge in [0.05, 0.1) is 10.9 Å². The summed E-state index contributed by atoms with van der Waals surface area (Å²) < 4.78 is 0.844. The topological polar surface area (TPSA) is 100 Å². The van der Waals surface area contributed by atoms with Crippen molar-refractivity contribution in [1.29, 1.82) is 0 Å². The maximum atomic E-state index is 13.5. The van der Waals surface area contributed by atoms with Crippen LogP contribution in [0.15, 0.2) is 118 Å². The number of rotatable bonds is 11. The van der Waals surface area contributed by atoms with E-state index in [2.05, 4.69) is 31.9 Å². The molecule has 4 aromatic carbocycles. The highest BCUT2D eigenvalue weighted by Crippen LogP contribution is 2.33. The SMILES string of the molecule is CCC(Sc1cccc(NC(=O)/C(=C\c2cccc(Br)c2)NC(=O)c2ccccc2)c1)C(=O)Nc1nc(-c2ccc(C)cc2)c(C)s1. The van der Waals surface area contributed by atoms with Gasteiger partial charge in [-0.15, -0.1) is 23.1 Å². The highest BCUT2D eigenvalue weighted by molar-refractivity contribution is 9.10. The summed E-state index contributed by atoms with van der Waals surface area (Å²) in [4.78, 5) is 46.4. The maximum absolute atomic E-state index is 13.5. The van der Waals surface area contributed by atoms with E-state index in [-0.39, 0.29) is 16.9 Å². The number of aryl methyl sites for hydroxylation is 2. The Kier molecular flexibility index (Phi) is 11.4. The van der Waals surface area contributed by atoms with Gasteiger partial charge in [-0.05, 0) is 74.4 Å². The highest BCUT2D eigenvalue weighted by atomic mass is 79.9. The smallest absolute Gasteiger partial charge is 0.272 e. The molecule has 0 aliphatic heterocycles. The largest absolute Gasteiger partial charge is 0.321 e. The van der Waals surface area contributed by atoms with E-state index in [1.54, 1.807) is 36.4 Å². The number of hydrogen-bond acceptors (Lipinski definition) is 6. The second-order valence-corrected chi connectivity index (χ2v) is 14.1. The quantitative estimate of drug-likeness (QED) is 0.0932. The summed E-state index contributed by atoms with van der Waals surface area (Å²) in [5, 5.41) is 8.85. The van der Waals surface area contributed by atoms with Crippen molar-refractivity contribution in [2.45, 2.75) is 37.3 Å². The van der Waals surface area contributed by atoms with Crippen molar-refractivity contribution in [2.75, 3.05) is 10.6 Å². The van der Waals surface area contributed by atoms with Crippen LogP contribution in [0, 0.1) is 13.8 Å².